The molecule has 24 heavy (non-hydrogen) atoms. The largest absolute Gasteiger partial charge is 0.457 e. The highest BCUT2D eigenvalue weighted by Gasteiger charge is 2.31. The van der Waals surface area contributed by atoms with Gasteiger partial charge in [-0.25, -0.2) is 0 Å². The maximum atomic E-state index is 12.4. The number of rotatable bonds is 5. The van der Waals surface area contributed by atoms with Gasteiger partial charge in [-0.1, -0.05) is 6.07 Å². The molecule has 0 unspecified atom stereocenters. The molecule has 1 aromatic carbocycles. The van der Waals surface area contributed by atoms with Crippen molar-refractivity contribution in [3.8, 4) is 5.69 Å². The van der Waals surface area contributed by atoms with Crippen molar-refractivity contribution in [2.24, 2.45) is 5.92 Å². The fourth-order valence-corrected chi connectivity index (χ4v) is 2.96. The first-order valence-electron chi connectivity index (χ1n) is 8.35. The summed E-state index contributed by atoms with van der Waals surface area (Å²) in [6.45, 7) is 7.90. The number of ketones is 1. The number of aromatic nitrogens is 1. The van der Waals surface area contributed by atoms with Crippen LogP contribution in [0, 0.1) is 33.6 Å². The Labute approximate surface area is 142 Å². The lowest BCUT2D eigenvalue weighted by molar-refractivity contribution is -0.144. The number of aryl methyl sites for hydroxylation is 3. The second-order valence-corrected chi connectivity index (χ2v) is 6.69. The third-order valence-corrected chi connectivity index (χ3v) is 4.74. The first kappa shape index (κ1) is 16.5. The van der Waals surface area contributed by atoms with Crippen molar-refractivity contribution in [3.05, 3.63) is 52.3 Å². The Morgan fingerprint density at radius 3 is 2.42 bits per heavy atom. The van der Waals surface area contributed by atoms with Crippen LogP contribution in [-0.2, 0) is 9.53 Å². The molecule has 0 bridgehead atoms. The molecule has 1 saturated carbocycles. The highest BCUT2D eigenvalue weighted by atomic mass is 16.5. The average molecular weight is 325 g/mol. The lowest BCUT2D eigenvalue weighted by atomic mass is 10.1. The standard InChI is InChI=1S/C20H23NO3/c1-12-5-8-17(9-13(12)2)21-14(3)10-18(15(21)4)19(22)11-24-20(23)16-6-7-16/h5,8-10,16H,6-7,11H2,1-4H3. The molecule has 0 amide bonds. The lowest BCUT2D eigenvalue weighted by Gasteiger charge is -2.12. The molecule has 3 rings (SSSR count). The summed E-state index contributed by atoms with van der Waals surface area (Å²) in [6, 6.07) is 8.14. The van der Waals surface area contributed by atoms with E-state index < -0.39 is 0 Å². The van der Waals surface area contributed by atoms with Gasteiger partial charge in [0.1, 0.15) is 0 Å². The predicted octanol–water partition coefficient (Wildman–Crippen LogP) is 3.85. The van der Waals surface area contributed by atoms with Gasteiger partial charge in [0.15, 0.2) is 6.61 Å². The first-order valence-corrected chi connectivity index (χ1v) is 8.35. The number of benzene rings is 1. The molecule has 0 saturated heterocycles. The van der Waals surface area contributed by atoms with Crippen molar-refractivity contribution in [2.45, 2.75) is 40.5 Å². The number of carbonyl (C=O) groups is 2. The van der Waals surface area contributed by atoms with Gasteiger partial charge in [-0.15, -0.1) is 0 Å². The second kappa shape index (κ2) is 6.27. The number of esters is 1. The summed E-state index contributed by atoms with van der Waals surface area (Å²) >= 11 is 0. The molecule has 0 atom stereocenters. The fraction of sp³-hybridized carbons (Fsp3) is 0.400. The van der Waals surface area contributed by atoms with E-state index in [1.807, 2.05) is 19.9 Å². The van der Waals surface area contributed by atoms with Crippen molar-refractivity contribution in [2.75, 3.05) is 6.61 Å². The van der Waals surface area contributed by atoms with Crippen LogP contribution in [0.4, 0.5) is 0 Å². The molecular formula is C20H23NO3. The zero-order chi connectivity index (χ0) is 17.4. The van der Waals surface area contributed by atoms with Crippen LogP contribution in [-0.4, -0.2) is 22.9 Å². The zero-order valence-electron chi connectivity index (χ0n) is 14.7. The van der Waals surface area contributed by atoms with E-state index in [4.69, 9.17) is 4.74 Å². The molecule has 0 spiro atoms. The number of hydrogen-bond donors (Lipinski definition) is 0. The molecule has 1 aliphatic carbocycles. The molecule has 126 valence electrons. The third kappa shape index (κ3) is 3.14. The Balaban J connectivity index is 1.84. The van der Waals surface area contributed by atoms with Crippen LogP contribution in [0.3, 0.4) is 0 Å². The maximum Gasteiger partial charge on any atom is 0.309 e. The Morgan fingerprint density at radius 2 is 1.79 bits per heavy atom. The van der Waals surface area contributed by atoms with Crippen LogP contribution in [0.25, 0.3) is 5.69 Å². The molecule has 0 N–H and O–H groups in total. The van der Waals surface area contributed by atoms with Gasteiger partial charge < -0.3 is 9.30 Å². The summed E-state index contributed by atoms with van der Waals surface area (Å²) in [5.41, 5.74) is 5.99. The van der Waals surface area contributed by atoms with E-state index in [9.17, 15) is 9.59 Å². The second-order valence-electron chi connectivity index (χ2n) is 6.69. The van der Waals surface area contributed by atoms with Crippen LogP contribution < -0.4 is 0 Å². The Morgan fingerprint density at radius 1 is 1.08 bits per heavy atom. The van der Waals surface area contributed by atoms with Crippen LogP contribution in [0.15, 0.2) is 24.3 Å². The van der Waals surface area contributed by atoms with E-state index in [2.05, 4.69) is 36.6 Å². The number of hydrogen-bond acceptors (Lipinski definition) is 3. The average Bonchev–Trinajstić information content (AvgIpc) is 3.34. The van der Waals surface area contributed by atoms with Crippen molar-refractivity contribution in [1.29, 1.82) is 0 Å². The van der Waals surface area contributed by atoms with Gasteiger partial charge in [-0.2, -0.15) is 0 Å². The molecule has 1 aliphatic rings. The van der Waals surface area contributed by atoms with Crippen LogP contribution in [0.5, 0.6) is 0 Å². The van der Waals surface area contributed by atoms with Gasteiger partial charge in [0.05, 0.1) is 5.92 Å². The summed E-state index contributed by atoms with van der Waals surface area (Å²) in [5.74, 6) is -0.376. The molecule has 1 heterocycles. The highest BCUT2D eigenvalue weighted by Crippen LogP contribution is 2.30. The Bertz CT molecular complexity index is 813. The summed E-state index contributed by atoms with van der Waals surface area (Å²) in [4.78, 5) is 24.0. The van der Waals surface area contributed by atoms with Gasteiger partial charge in [0.2, 0.25) is 5.78 Å². The van der Waals surface area contributed by atoms with E-state index in [-0.39, 0.29) is 24.3 Å². The van der Waals surface area contributed by atoms with Crippen LogP contribution in [0.2, 0.25) is 0 Å². The van der Waals surface area contributed by atoms with Crippen molar-refractivity contribution in [1.82, 2.24) is 4.57 Å². The van der Waals surface area contributed by atoms with Crippen LogP contribution >= 0.6 is 0 Å². The lowest BCUT2D eigenvalue weighted by Crippen LogP contribution is -2.15. The normalized spacial score (nSPS) is 13.8. The summed E-state index contributed by atoms with van der Waals surface area (Å²) in [5, 5.41) is 0. The molecule has 4 heteroatoms. The summed E-state index contributed by atoms with van der Waals surface area (Å²) < 4.78 is 7.20. The van der Waals surface area contributed by atoms with Crippen molar-refractivity contribution >= 4 is 11.8 Å². The van der Waals surface area contributed by atoms with Gasteiger partial charge in [-0.05, 0) is 69.9 Å². The number of Topliss-reactive ketones (excluding diaryl/α,β-unsaturated/α-hetero) is 1. The summed E-state index contributed by atoms with van der Waals surface area (Å²) in [7, 11) is 0. The van der Waals surface area contributed by atoms with Crippen LogP contribution in [0.1, 0.15) is 45.7 Å². The molecule has 4 nitrogen and oxygen atoms in total. The number of carbonyl (C=O) groups excluding carboxylic acids is 2. The van der Waals surface area contributed by atoms with E-state index in [1.165, 1.54) is 11.1 Å². The van der Waals surface area contributed by atoms with E-state index in [1.54, 1.807) is 0 Å². The van der Waals surface area contributed by atoms with Crippen molar-refractivity contribution in [3.63, 3.8) is 0 Å². The molecule has 1 aromatic heterocycles. The zero-order valence-corrected chi connectivity index (χ0v) is 14.7. The molecule has 0 radical (unpaired) electrons. The Hall–Kier alpha value is -2.36. The molecule has 1 fully saturated rings. The minimum absolute atomic E-state index is 0.0146. The highest BCUT2D eigenvalue weighted by molar-refractivity contribution is 5.99. The minimum atomic E-state index is -0.244. The third-order valence-electron chi connectivity index (χ3n) is 4.74. The maximum absolute atomic E-state index is 12.4. The van der Waals surface area contributed by atoms with Gasteiger partial charge in [0.25, 0.3) is 0 Å². The van der Waals surface area contributed by atoms with Gasteiger partial charge in [0, 0.05) is 22.6 Å². The fourth-order valence-electron chi connectivity index (χ4n) is 2.96. The van der Waals surface area contributed by atoms with E-state index in [0.29, 0.717) is 5.56 Å². The predicted molar refractivity (Wildman–Crippen MR) is 92.7 cm³/mol. The first-order chi connectivity index (χ1) is 11.4. The SMILES string of the molecule is Cc1ccc(-n2c(C)cc(C(=O)COC(=O)C3CC3)c2C)cc1C. The van der Waals surface area contributed by atoms with E-state index in [0.717, 1.165) is 29.9 Å². The summed E-state index contributed by atoms with van der Waals surface area (Å²) in [6.07, 6.45) is 1.77. The topological polar surface area (TPSA) is 48.3 Å². The number of nitrogens with zero attached hydrogens (tertiary/aromatic N) is 1. The molecule has 0 aliphatic heterocycles. The monoisotopic (exact) mass is 325 g/mol. The molecular weight excluding hydrogens is 302 g/mol. The quantitative estimate of drug-likeness (QED) is 0.620. The minimum Gasteiger partial charge on any atom is -0.457 e. The van der Waals surface area contributed by atoms with Gasteiger partial charge >= 0.3 is 5.97 Å². The smallest absolute Gasteiger partial charge is 0.309 e. The number of ether oxygens (including phenoxy) is 1. The van der Waals surface area contributed by atoms with Crippen molar-refractivity contribution < 1.29 is 14.3 Å². The Kier molecular flexibility index (Phi) is 4.31. The van der Waals surface area contributed by atoms with E-state index >= 15 is 0 Å². The van der Waals surface area contributed by atoms with Gasteiger partial charge in [-0.3, -0.25) is 9.59 Å². The molecule has 2 aromatic rings.